The summed E-state index contributed by atoms with van der Waals surface area (Å²) < 4.78 is 8.21. The Morgan fingerprint density at radius 1 is 0.938 bits per heavy atom. The fourth-order valence-electron chi connectivity index (χ4n) is 6.04. The Hall–Kier alpha value is -3.27. The molecule has 32 heavy (non-hydrogen) atoms. The van der Waals surface area contributed by atoms with Gasteiger partial charge < -0.3 is 14.2 Å². The number of imidazole rings is 1. The highest BCUT2D eigenvalue weighted by Gasteiger charge is 2.40. The van der Waals surface area contributed by atoms with Crippen molar-refractivity contribution in [2.45, 2.75) is 32.2 Å². The predicted octanol–water partition coefficient (Wildman–Crippen LogP) is 5.57. The zero-order chi connectivity index (χ0) is 21.7. The third kappa shape index (κ3) is 3.01. The van der Waals surface area contributed by atoms with Crippen LogP contribution in [0.4, 0.5) is 5.69 Å². The Kier molecular flexibility index (Phi) is 4.67. The van der Waals surface area contributed by atoms with Crippen LogP contribution in [0, 0.1) is 12.8 Å². The minimum absolute atomic E-state index is 0.479. The third-order valence-electron chi connectivity index (χ3n) is 7.36. The van der Waals surface area contributed by atoms with Gasteiger partial charge in [0.15, 0.2) is 0 Å². The van der Waals surface area contributed by atoms with Crippen molar-refractivity contribution in [1.82, 2.24) is 9.55 Å². The van der Waals surface area contributed by atoms with Crippen LogP contribution in [0.1, 0.15) is 34.9 Å². The van der Waals surface area contributed by atoms with E-state index in [4.69, 9.17) is 9.72 Å². The van der Waals surface area contributed by atoms with Crippen LogP contribution in [0.2, 0.25) is 0 Å². The molecular weight excluding hydrogens is 394 g/mol. The van der Waals surface area contributed by atoms with E-state index >= 15 is 0 Å². The molecule has 6 rings (SSSR count). The molecule has 0 amide bonds. The number of hydrogen-bond acceptors (Lipinski definition) is 3. The summed E-state index contributed by atoms with van der Waals surface area (Å²) in [5.41, 5.74) is 8.05. The summed E-state index contributed by atoms with van der Waals surface area (Å²) in [6.07, 6.45) is 2.24. The van der Waals surface area contributed by atoms with Crippen LogP contribution in [-0.2, 0) is 13.0 Å². The molecule has 4 heteroatoms. The number of rotatable bonds is 5. The van der Waals surface area contributed by atoms with Gasteiger partial charge in [-0.15, -0.1) is 0 Å². The molecule has 1 aliphatic carbocycles. The van der Waals surface area contributed by atoms with Crippen LogP contribution in [0.5, 0.6) is 5.75 Å². The van der Waals surface area contributed by atoms with E-state index in [1.807, 2.05) is 0 Å². The number of ether oxygens (including phenoxy) is 1. The van der Waals surface area contributed by atoms with Crippen LogP contribution < -0.4 is 9.64 Å². The molecule has 0 fully saturated rings. The molecule has 4 aromatic rings. The van der Waals surface area contributed by atoms with Crippen molar-refractivity contribution in [3.8, 4) is 5.75 Å². The Morgan fingerprint density at radius 3 is 2.66 bits per heavy atom. The molecule has 2 aliphatic rings. The Bertz CT molecular complexity index is 1290. The summed E-state index contributed by atoms with van der Waals surface area (Å²) in [5.74, 6) is 3.19. The summed E-state index contributed by atoms with van der Waals surface area (Å²) in [7, 11) is 1.80. The van der Waals surface area contributed by atoms with E-state index in [-0.39, 0.29) is 0 Å². The van der Waals surface area contributed by atoms with Crippen LogP contribution in [-0.4, -0.2) is 29.8 Å². The van der Waals surface area contributed by atoms with Gasteiger partial charge in [0.05, 0.1) is 23.8 Å². The zero-order valence-corrected chi connectivity index (χ0v) is 18.8. The standard InChI is InChI=1S/C28H29N3O/c1-19-29-24-12-5-6-13-25(24)31(19)16-8-15-30-18-21-17-20-9-3-4-10-22(20)27(21)23-11-7-14-26(32-2)28(23)30/h3-7,9-14,21,27H,8,15-18H2,1-2H3/t21-,27+/m0/s1. The topological polar surface area (TPSA) is 30.3 Å². The van der Waals surface area contributed by atoms with Gasteiger partial charge in [0.25, 0.3) is 0 Å². The first-order chi connectivity index (χ1) is 15.7. The van der Waals surface area contributed by atoms with Gasteiger partial charge in [0.1, 0.15) is 11.6 Å². The van der Waals surface area contributed by atoms with Gasteiger partial charge in [-0.05, 0) is 60.6 Å². The van der Waals surface area contributed by atoms with E-state index in [0.29, 0.717) is 11.8 Å². The van der Waals surface area contributed by atoms with Crippen LogP contribution >= 0.6 is 0 Å². The molecule has 0 bridgehead atoms. The van der Waals surface area contributed by atoms with E-state index < -0.39 is 0 Å². The number of anilines is 1. The molecule has 2 atom stereocenters. The molecule has 4 nitrogen and oxygen atoms in total. The van der Waals surface area contributed by atoms with Crippen LogP contribution in [0.25, 0.3) is 11.0 Å². The fraction of sp³-hybridized carbons (Fsp3) is 0.321. The zero-order valence-electron chi connectivity index (χ0n) is 18.8. The smallest absolute Gasteiger partial charge is 0.142 e. The Labute approximate surface area is 189 Å². The first kappa shape index (κ1) is 19.4. The van der Waals surface area contributed by atoms with E-state index in [0.717, 1.165) is 43.1 Å². The summed E-state index contributed by atoms with van der Waals surface area (Å²) >= 11 is 0. The SMILES string of the molecule is COc1cccc2c1N(CCCn1c(C)nc3ccccc31)C[C@@H]1Cc3ccccc3[C@H]21. The van der Waals surface area contributed by atoms with E-state index in [1.165, 1.54) is 34.3 Å². The summed E-state index contributed by atoms with van der Waals surface area (Å²) in [5, 5.41) is 0. The average Bonchev–Trinajstić information content (AvgIpc) is 3.35. The number of para-hydroxylation sites is 3. The molecule has 0 saturated heterocycles. The van der Waals surface area contributed by atoms with Gasteiger partial charge in [-0.1, -0.05) is 48.5 Å². The highest BCUT2D eigenvalue weighted by atomic mass is 16.5. The molecule has 0 spiro atoms. The third-order valence-corrected chi connectivity index (χ3v) is 7.36. The van der Waals surface area contributed by atoms with Gasteiger partial charge in [0, 0.05) is 25.6 Å². The minimum Gasteiger partial charge on any atom is -0.495 e. The molecule has 1 aromatic heterocycles. The Balaban J connectivity index is 1.30. The highest BCUT2D eigenvalue weighted by Crippen LogP contribution is 2.51. The van der Waals surface area contributed by atoms with Crippen molar-refractivity contribution in [2.24, 2.45) is 5.92 Å². The number of benzene rings is 3. The second kappa shape index (κ2) is 7.70. The van der Waals surface area contributed by atoms with Gasteiger partial charge >= 0.3 is 0 Å². The molecular formula is C28H29N3O. The molecule has 0 unspecified atom stereocenters. The largest absolute Gasteiger partial charge is 0.495 e. The maximum atomic E-state index is 5.85. The second-order valence-corrected chi connectivity index (χ2v) is 9.14. The lowest BCUT2D eigenvalue weighted by Crippen LogP contribution is -2.38. The number of fused-ring (bicyclic) bond motifs is 6. The molecule has 2 heterocycles. The molecule has 3 aromatic carbocycles. The van der Waals surface area contributed by atoms with E-state index in [1.54, 1.807) is 7.11 Å². The monoisotopic (exact) mass is 423 g/mol. The summed E-state index contributed by atoms with van der Waals surface area (Å²) in [4.78, 5) is 7.32. The molecule has 162 valence electrons. The molecule has 0 N–H and O–H groups in total. The van der Waals surface area contributed by atoms with Crippen molar-refractivity contribution in [3.63, 3.8) is 0 Å². The lowest BCUT2D eigenvalue weighted by Gasteiger charge is -2.39. The van der Waals surface area contributed by atoms with Crippen LogP contribution in [0.3, 0.4) is 0 Å². The van der Waals surface area contributed by atoms with Crippen molar-refractivity contribution in [3.05, 3.63) is 89.2 Å². The number of methoxy groups -OCH3 is 1. The lowest BCUT2D eigenvalue weighted by molar-refractivity contribution is 0.402. The fourth-order valence-corrected chi connectivity index (χ4v) is 6.04. The normalized spacial score (nSPS) is 19.0. The van der Waals surface area contributed by atoms with Crippen molar-refractivity contribution in [1.29, 1.82) is 0 Å². The van der Waals surface area contributed by atoms with Gasteiger partial charge in [-0.25, -0.2) is 4.98 Å². The molecule has 1 aliphatic heterocycles. The molecule has 0 saturated carbocycles. The average molecular weight is 424 g/mol. The first-order valence-electron chi connectivity index (χ1n) is 11.7. The van der Waals surface area contributed by atoms with E-state index in [9.17, 15) is 0 Å². The number of hydrogen-bond donors (Lipinski definition) is 0. The van der Waals surface area contributed by atoms with E-state index in [2.05, 4.69) is 83.1 Å². The lowest BCUT2D eigenvalue weighted by atomic mass is 9.81. The van der Waals surface area contributed by atoms with Gasteiger partial charge in [0.2, 0.25) is 0 Å². The minimum atomic E-state index is 0.479. The first-order valence-corrected chi connectivity index (χ1v) is 11.7. The van der Waals surface area contributed by atoms with Crippen molar-refractivity contribution >= 4 is 16.7 Å². The number of aryl methyl sites for hydroxylation is 2. The summed E-state index contributed by atoms with van der Waals surface area (Å²) in [6, 6.07) is 24.0. The highest BCUT2D eigenvalue weighted by molar-refractivity contribution is 5.75. The van der Waals surface area contributed by atoms with Crippen molar-refractivity contribution in [2.75, 3.05) is 25.1 Å². The molecule has 0 radical (unpaired) electrons. The second-order valence-electron chi connectivity index (χ2n) is 9.14. The maximum absolute atomic E-state index is 5.85. The maximum Gasteiger partial charge on any atom is 0.142 e. The van der Waals surface area contributed by atoms with Gasteiger partial charge in [-0.3, -0.25) is 0 Å². The number of aromatic nitrogens is 2. The number of nitrogens with zero attached hydrogens (tertiary/aromatic N) is 3. The Morgan fingerprint density at radius 2 is 1.75 bits per heavy atom. The van der Waals surface area contributed by atoms with Gasteiger partial charge in [-0.2, -0.15) is 0 Å². The predicted molar refractivity (Wildman–Crippen MR) is 130 cm³/mol. The van der Waals surface area contributed by atoms with Crippen LogP contribution in [0.15, 0.2) is 66.7 Å². The summed E-state index contributed by atoms with van der Waals surface area (Å²) in [6.45, 7) is 5.18. The van der Waals surface area contributed by atoms with Crippen molar-refractivity contribution < 1.29 is 4.74 Å². The quantitative estimate of drug-likeness (QED) is 0.420.